The molecule has 0 aromatic heterocycles. The molecule has 3 nitrogen and oxygen atoms in total. The van der Waals surface area contributed by atoms with Crippen molar-refractivity contribution in [3.05, 3.63) is 0 Å². The Morgan fingerprint density at radius 3 is 0.750 bits per heavy atom. The van der Waals surface area contributed by atoms with Crippen molar-refractivity contribution in [2.45, 2.75) is 131 Å². The van der Waals surface area contributed by atoms with Crippen LogP contribution in [0, 0.1) is 11.3 Å². The van der Waals surface area contributed by atoms with Crippen LogP contribution in [-0.2, 0) is 25.2 Å². The van der Waals surface area contributed by atoms with E-state index in [-0.39, 0.29) is 36.3 Å². The molecule has 0 fully saturated rings. The van der Waals surface area contributed by atoms with E-state index < -0.39 is 5.97 Å². The number of hydrogen-bond acceptors (Lipinski definition) is 2. The molecule has 0 heterocycles. The molecule has 0 aliphatic rings. The number of carboxylic acids is 1. The summed E-state index contributed by atoms with van der Waals surface area (Å²) in [5.41, 5.74) is 5.61. The Morgan fingerprint density at radius 1 is 0.679 bits per heavy atom. The minimum absolute atomic E-state index is 0. The monoisotopic (exact) mass is 529 g/mol. The number of carbonyl (C=O) groups is 1. The fraction of sp³-hybridized carbons (Fsp3) is 0.909. The zero-order valence-electron chi connectivity index (χ0n) is 21.1. The zero-order valence-corrected chi connectivity index (χ0v) is 24.6. The summed E-state index contributed by atoms with van der Waals surface area (Å²) in [5, 5.41) is 14.7. The van der Waals surface area contributed by atoms with Crippen molar-refractivity contribution in [1.82, 2.24) is 0 Å². The molecule has 1 N–H and O–H groups in total. The molecule has 0 atom stereocenters. The summed E-state index contributed by atoms with van der Waals surface area (Å²) in [6.07, 6.45) is 0. The van der Waals surface area contributed by atoms with E-state index in [1.54, 1.807) is 6.07 Å². The van der Waals surface area contributed by atoms with E-state index in [0.29, 0.717) is 0 Å². The number of aliphatic carboxylic acids is 1. The third-order valence-electron chi connectivity index (χ3n) is 4.00. The molecule has 0 aromatic carbocycles. The number of rotatable bonds is 6. The minimum atomic E-state index is -0.833. The first-order chi connectivity index (χ1) is 12.1. The van der Waals surface area contributed by atoms with Crippen molar-refractivity contribution >= 4 is 21.8 Å². The Kier molecular flexibility index (Phi) is 33.1. The summed E-state index contributed by atoms with van der Waals surface area (Å²) in [6.45, 7) is 30.9. The smallest absolute Gasteiger partial charge is 0.300 e. The topological polar surface area (TPSA) is 61.1 Å². The van der Waals surface area contributed by atoms with Crippen LogP contribution in [0.5, 0.6) is 0 Å². The Hall–Kier alpha value is 0.482. The Morgan fingerprint density at radius 2 is 0.750 bits per heavy atom. The van der Waals surface area contributed by atoms with Crippen LogP contribution in [0.3, 0.4) is 0 Å². The van der Waals surface area contributed by atoms with Gasteiger partial charge in [-0.3, -0.25) is 4.79 Å². The summed E-state index contributed by atoms with van der Waals surface area (Å²) in [7, 11) is -0.191. The SMILES string of the molecule is CC#N.CC(=O)O.CC(C)[PH+](C(C)C)C(C)C.CC(C)[PH+](C(C)C)C(C)C.[Pd]. The largest absolute Gasteiger partial charge is 0.481 e. The molecular formula is C22H51NO2P2Pd+2. The number of nitrogens with zero attached hydrogens (tertiary/aromatic N) is 1. The quantitative estimate of drug-likeness (QED) is 0.287. The Bertz CT molecular complexity index is 313. The van der Waals surface area contributed by atoms with Crippen LogP contribution < -0.4 is 0 Å². The molecule has 0 amide bonds. The maximum absolute atomic E-state index is 9.00. The van der Waals surface area contributed by atoms with E-state index in [0.717, 1.165) is 40.9 Å². The molecule has 174 valence electrons. The van der Waals surface area contributed by atoms with Gasteiger partial charge in [-0.1, -0.05) is 0 Å². The maximum Gasteiger partial charge on any atom is 0.300 e. The predicted octanol–water partition coefficient (Wildman–Crippen LogP) is 7.47. The van der Waals surface area contributed by atoms with Gasteiger partial charge in [0.05, 0.1) is 40.0 Å². The molecule has 0 saturated carbocycles. The molecule has 0 rings (SSSR count). The first-order valence-corrected chi connectivity index (χ1v) is 13.8. The van der Waals surface area contributed by atoms with Gasteiger partial charge in [-0.05, 0) is 83.1 Å². The average Bonchev–Trinajstić information content (AvgIpc) is 2.35. The Balaban J connectivity index is -0.0000000924. The molecule has 0 aliphatic carbocycles. The van der Waals surface area contributed by atoms with Gasteiger partial charge in [0.2, 0.25) is 0 Å². The third kappa shape index (κ3) is 28.7. The van der Waals surface area contributed by atoms with Crippen LogP contribution in [0.2, 0.25) is 0 Å². The van der Waals surface area contributed by atoms with Gasteiger partial charge in [-0.15, -0.1) is 0 Å². The molecular weight excluding hydrogens is 479 g/mol. The molecule has 0 unspecified atom stereocenters. The van der Waals surface area contributed by atoms with Crippen LogP contribution in [-0.4, -0.2) is 45.0 Å². The van der Waals surface area contributed by atoms with Crippen molar-refractivity contribution in [3.8, 4) is 6.07 Å². The van der Waals surface area contributed by atoms with Gasteiger partial charge in [0.15, 0.2) is 0 Å². The van der Waals surface area contributed by atoms with Gasteiger partial charge in [-0.2, -0.15) is 5.26 Å². The first-order valence-electron chi connectivity index (χ1n) is 10.3. The predicted molar refractivity (Wildman–Crippen MR) is 132 cm³/mol. The van der Waals surface area contributed by atoms with E-state index in [1.807, 2.05) is 0 Å². The summed E-state index contributed by atoms with van der Waals surface area (Å²) in [5.74, 6) is -0.833. The second-order valence-corrected chi connectivity index (χ2v) is 17.6. The first kappa shape index (κ1) is 39.0. The maximum atomic E-state index is 9.00. The third-order valence-corrected chi connectivity index (χ3v) is 12.0. The van der Waals surface area contributed by atoms with Gasteiger partial charge in [0.1, 0.15) is 0 Å². The van der Waals surface area contributed by atoms with Crippen molar-refractivity contribution in [1.29, 1.82) is 5.26 Å². The molecule has 0 bridgehead atoms. The van der Waals surface area contributed by atoms with Crippen LogP contribution >= 0.6 is 15.8 Å². The summed E-state index contributed by atoms with van der Waals surface area (Å²) < 4.78 is 0. The average molecular weight is 530 g/mol. The summed E-state index contributed by atoms with van der Waals surface area (Å²) in [6, 6.07) is 1.75. The molecule has 0 aromatic rings. The van der Waals surface area contributed by atoms with Crippen molar-refractivity contribution in [2.75, 3.05) is 0 Å². The standard InChI is InChI=1S/2C9H21P.C2H3N.C2H4O2.Pd/c2*1-7(2)10(8(3)4)9(5)6;1-2-3;1-2(3)4;/h2*7-9H,1-6H3;1H3;1H3,(H,3,4);/p+2. The van der Waals surface area contributed by atoms with Crippen LogP contribution in [0.25, 0.3) is 0 Å². The van der Waals surface area contributed by atoms with Crippen LogP contribution in [0.4, 0.5) is 0 Å². The summed E-state index contributed by atoms with van der Waals surface area (Å²) >= 11 is 0. The second kappa shape index (κ2) is 23.8. The van der Waals surface area contributed by atoms with Gasteiger partial charge >= 0.3 is 0 Å². The van der Waals surface area contributed by atoms with Crippen LogP contribution in [0.15, 0.2) is 0 Å². The molecule has 0 spiro atoms. The van der Waals surface area contributed by atoms with Crippen molar-refractivity contribution < 1.29 is 30.3 Å². The van der Waals surface area contributed by atoms with E-state index in [4.69, 9.17) is 15.2 Å². The Labute approximate surface area is 194 Å². The van der Waals surface area contributed by atoms with E-state index in [9.17, 15) is 0 Å². The van der Waals surface area contributed by atoms with Gasteiger partial charge in [0.25, 0.3) is 5.97 Å². The molecule has 0 radical (unpaired) electrons. The molecule has 0 aliphatic heterocycles. The van der Waals surface area contributed by atoms with Gasteiger partial charge < -0.3 is 5.11 Å². The van der Waals surface area contributed by atoms with Crippen LogP contribution in [0.1, 0.15) is 96.9 Å². The number of nitriles is 1. The molecule has 6 heteroatoms. The van der Waals surface area contributed by atoms with Gasteiger partial charge in [0, 0.05) is 50.1 Å². The fourth-order valence-corrected chi connectivity index (χ4v) is 12.0. The van der Waals surface area contributed by atoms with E-state index in [1.165, 1.54) is 6.92 Å². The van der Waals surface area contributed by atoms with E-state index in [2.05, 4.69) is 83.1 Å². The zero-order chi connectivity index (χ0) is 22.9. The van der Waals surface area contributed by atoms with E-state index >= 15 is 0 Å². The normalized spacial score (nSPS) is 10.2. The number of hydrogen-bond donors (Lipinski definition) is 1. The van der Waals surface area contributed by atoms with Crippen molar-refractivity contribution in [3.63, 3.8) is 0 Å². The number of carboxylic acid groups (broad SMARTS) is 1. The molecule has 28 heavy (non-hydrogen) atoms. The summed E-state index contributed by atoms with van der Waals surface area (Å²) in [4.78, 5) is 9.00. The molecule has 0 saturated heterocycles. The van der Waals surface area contributed by atoms with Gasteiger partial charge in [-0.25, -0.2) is 0 Å². The minimum Gasteiger partial charge on any atom is -0.481 e. The van der Waals surface area contributed by atoms with Crippen molar-refractivity contribution in [2.24, 2.45) is 0 Å². The fourth-order valence-electron chi connectivity index (χ4n) is 4.00. The second-order valence-electron chi connectivity index (χ2n) is 8.67.